The number of hydrogen-bond donors (Lipinski definition) is 1. The van der Waals surface area contributed by atoms with Crippen LogP contribution in [0, 0.1) is 13.8 Å². The van der Waals surface area contributed by atoms with Gasteiger partial charge in [0.05, 0.1) is 30.6 Å². The van der Waals surface area contributed by atoms with E-state index in [2.05, 4.69) is 15.5 Å². The number of methoxy groups -OCH3 is 1. The summed E-state index contributed by atoms with van der Waals surface area (Å²) in [6, 6.07) is 5.44. The van der Waals surface area contributed by atoms with E-state index in [0.29, 0.717) is 28.7 Å². The lowest BCUT2D eigenvalue weighted by Crippen LogP contribution is -2.17. The lowest BCUT2D eigenvalue weighted by Gasteiger charge is -2.09. The van der Waals surface area contributed by atoms with Crippen LogP contribution in [0.1, 0.15) is 32.9 Å². The number of aryl methyl sites for hydroxylation is 2. The summed E-state index contributed by atoms with van der Waals surface area (Å²) < 4.78 is 10.7. The van der Waals surface area contributed by atoms with E-state index in [0.717, 1.165) is 10.6 Å². The third kappa shape index (κ3) is 4.29. The van der Waals surface area contributed by atoms with Gasteiger partial charge in [0.25, 0.3) is 5.91 Å². The van der Waals surface area contributed by atoms with Crippen molar-refractivity contribution in [3.8, 4) is 11.5 Å². The molecule has 1 heterocycles. The number of nitrogens with zero attached hydrogens (tertiary/aromatic N) is 2. The first-order chi connectivity index (χ1) is 11.0. The molecule has 122 valence electrons. The number of amides is 1. The van der Waals surface area contributed by atoms with E-state index in [9.17, 15) is 4.79 Å². The number of thiazole rings is 1. The summed E-state index contributed by atoms with van der Waals surface area (Å²) in [5, 5.41) is 4.83. The van der Waals surface area contributed by atoms with E-state index < -0.39 is 0 Å². The number of hydrogen-bond acceptors (Lipinski definition) is 6. The maximum atomic E-state index is 12.0. The average molecular weight is 333 g/mol. The maximum absolute atomic E-state index is 12.0. The molecule has 0 saturated heterocycles. The third-order valence-corrected chi connectivity index (χ3v) is 4.05. The van der Waals surface area contributed by atoms with Crippen LogP contribution in [0.4, 0.5) is 0 Å². The molecule has 0 spiro atoms. The van der Waals surface area contributed by atoms with E-state index in [1.54, 1.807) is 26.3 Å². The van der Waals surface area contributed by atoms with Gasteiger partial charge in [0, 0.05) is 0 Å². The van der Waals surface area contributed by atoms with Crippen molar-refractivity contribution in [3.05, 3.63) is 39.3 Å². The van der Waals surface area contributed by atoms with E-state index in [1.165, 1.54) is 11.3 Å². The smallest absolute Gasteiger partial charge is 0.283 e. The third-order valence-electron chi connectivity index (χ3n) is 2.98. The highest BCUT2D eigenvalue weighted by Gasteiger charge is 2.12. The fourth-order valence-corrected chi connectivity index (χ4v) is 2.81. The van der Waals surface area contributed by atoms with Gasteiger partial charge in [0.15, 0.2) is 11.5 Å². The number of carbonyl (C=O) groups is 1. The zero-order chi connectivity index (χ0) is 16.8. The Labute approximate surface area is 139 Å². The summed E-state index contributed by atoms with van der Waals surface area (Å²) in [5.74, 6) is 1.03. The van der Waals surface area contributed by atoms with Crippen LogP contribution in [0.5, 0.6) is 11.5 Å². The van der Waals surface area contributed by atoms with Crippen LogP contribution in [-0.2, 0) is 0 Å². The molecule has 1 aromatic carbocycles. The van der Waals surface area contributed by atoms with Crippen molar-refractivity contribution in [3.63, 3.8) is 0 Å². The van der Waals surface area contributed by atoms with E-state index >= 15 is 0 Å². The Kier molecular flexibility index (Phi) is 5.70. The molecule has 6 nitrogen and oxygen atoms in total. The predicted molar refractivity (Wildman–Crippen MR) is 90.8 cm³/mol. The maximum Gasteiger partial charge on any atom is 0.283 e. The highest BCUT2D eigenvalue weighted by molar-refractivity contribution is 7.13. The molecule has 2 aromatic rings. The first kappa shape index (κ1) is 17.0. The molecular formula is C16H19N3O3S. The Morgan fingerprint density at radius 1 is 1.39 bits per heavy atom. The second-order valence-corrected chi connectivity index (χ2v) is 5.89. The minimum absolute atomic E-state index is 0.262. The number of benzene rings is 1. The van der Waals surface area contributed by atoms with Crippen LogP contribution in [0.15, 0.2) is 23.3 Å². The lowest BCUT2D eigenvalue weighted by atomic mass is 10.2. The molecule has 0 radical (unpaired) electrons. The zero-order valence-corrected chi connectivity index (χ0v) is 14.4. The standard InChI is InChI=1S/C16H19N3O3S/c1-5-22-13-7-6-12(8-14(13)21-4)9-17-19-16(20)15-10(2)18-11(3)23-15/h6-9H,5H2,1-4H3,(H,19,20)/b17-9+. The average Bonchev–Trinajstić information content (AvgIpc) is 2.87. The van der Waals surface area contributed by atoms with Gasteiger partial charge in [-0.1, -0.05) is 0 Å². The number of ether oxygens (including phenoxy) is 2. The SMILES string of the molecule is CCOc1ccc(/C=N/NC(=O)c2sc(C)nc2C)cc1OC. The van der Waals surface area contributed by atoms with Gasteiger partial charge < -0.3 is 9.47 Å². The highest BCUT2D eigenvalue weighted by Crippen LogP contribution is 2.27. The molecule has 0 fully saturated rings. The number of carbonyl (C=O) groups excluding carboxylic acids is 1. The molecule has 0 unspecified atom stereocenters. The molecule has 0 aliphatic carbocycles. The summed E-state index contributed by atoms with van der Waals surface area (Å²) in [4.78, 5) is 16.8. The molecule has 1 N–H and O–H groups in total. The van der Waals surface area contributed by atoms with Crippen molar-refractivity contribution in [2.24, 2.45) is 5.10 Å². The molecule has 23 heavy (non-hydrogen) atoms. The number of rotatable bonds is 6. The summed E-state index contributed by atoms with van der Waals surface area (Å²) >= 11 is 1.35. The first-order valence-corrected chi connectivity index (χ1v) is 7.95. The van der Waals surface area contributed by atoms with Crippen molar-refractivity contribution in [1.82, 2.24) is 10.4 Å². The topological polar surface area (TPSA) is 72.8 Å². The van der Waals surface area contributed by atoms with E-state index in [4.69, 9.17) is 9.47 Å². The highest BCUT2D eigenvalue weighted by atomic mass is 32.1. The Bertz CT molecular complexity index is 725. The first-order valence-electron chi connectivity index (χ1n) is 7.13. The molecule has 0 saturated carbocycles. The second-order valence-electron chi connectivity index (χ2n) is 4.69. The van der Waals surface area contributed by atoms with Gasteiger partial charge in [-0.2, -0.15) is 5.10 Å². The Morgan fingerprint density at radius 2 is 2.17 bits per heavy atom. The molecule has 1 amide bonds. The molecule has 0 aliphatic rings. The molecular weight excluding hydrogens is 314 g/mol. The van der Waals surface area contributed by atoms with Gasteiger partial charge in [0.1, 0.15) is 4.88 Å². The summed E-state index contributed by atoms with van der Waals surface area (Å²) in [5.41, 5.74) is 4.01. The van der Waals surface area contributed by atoms with Crippen molar-refractivity contribution < 1.29 is 14.3 Å². The minimum Gasteiger partial charge on any atom is -0.493 e. The number of hydrazone groups is 1. The van der Waals surface area contributed by atoms with Gasteiger partial charge in [-0.15, -0.1) is 11.3 Å². The van der Waals surface area contributed by atoms with Crippen LogP contribution in [0.25, 0.3) is 0 Å². The predicted octanol–water partition coefficient (Wildman–Crippen LogP) is 2.93. The fraction of sp³-hybridized carbons (Fsp3) is 0.312. The summed E-state index contributed by atoms with van der Waals surface area (Å²) in [6.07, 6.45) is 1.55. The summed E-state index contributed by atoms with van der Waals surface area (Å²) in [6.45, 7) is 6.14. The van der Waals surface area contributed by atoms with Gasteiger partial charge >= 0.3 is 0 Å². The van der Waals surface area contributed by atoms with E-state index in [-0.39, 0.29) is 5.91 Å². The minimum atomic E-state index is -0.262. The number of aromatic nitrogens is 1. The van der Waals surface area contributed by atoms with Crippen LogP contribution in [-0.4, -0.2) is 30.8 Å². The van der Waals surface area contributed by atoms with Crippen LogP contribution in [0.3, 0.4) is 0 Å². The quantitative estimate of drug-likeness (QED) is 0.651. The van der Waals surface area contributed by atoms with Gasteiger partial charge in [-0.25, -0.2) is 10.4 Å². The number of nitrogens with one attached hydrogen (secondary N) is 1. The van der Waals surface area contributed by atoms with Crippen LogP contribution in [0.2, 0.25) is 0 Å². The molecule has 0 atom stereocenters. The van der Waals surface area contributed by atoms with Gasteiger partial charge in [0.2, 0.25) is 0 Å². The Balaban J connectivity index is 2.05. The lowest BCUT2D eigenvalue weighted by molar-refractivity contribution is 0.0958. The second kappa shape index (κ2) is 7.73. The molecule has 7 heteroatoms. The molecule has 2 rings (SSSR count). The monoisotopic (exact) mass is 333 g/mol. The Morgan fingerprint density at radius 3 is 2.78 bits per heavy atom. The summed E-state index contributed by atoms with van der Waals surface area (Å²) in [7, 11) is 1.58. The molecule has 1 aromatic heterocycles. The van der Waals surface area contributed by atoms with Crippen molar-refractivity contribution >= 4 is 23.5 Å². The van der Waals surface area contributed by atoms with Crippen LogP contribution < -0.4 is 14.9 Å². The largest absolute Gasteiger partial charge is 0.493 e. The van der Waals surface area contributed by atoms with E-state index in [1.807, 2.05) is 26.0 Å². The van der Waals surface area contributed by atoms with Crippen molar-refractivity contribution in [1.29, 1.82) is 0 Å². The van der Waals surface area contributed by atoms with Crippen molar-refractivity contribution in [2.75, 3.05) is 13.7 Å². The fourth-order valence-electron chi connectivity index (χ4n) is 2.00. The van der Waals surface area contributed by atoms with Gasteiger partial charge in [-0.05, 0) is 44.5 Å². The molecule has 0 aliphatic heterocycles. The normalized spacial score (nSPS) is 10.8. The molecule has 0 bridgehead atoms. The Hall–Kier alpha value is -2.41. The van der Waals surface area contributed by atoms with Gasteiger partial charge in [-0.3, -0.25) is 4.79 Å². The zero-order valence-electron chi connectivity index (χ0n) is 13.5. The van der Waals surface area contributed by atoms with Crippen molar-refractivity contribution in [2.45, 2.75) is 20.8 Å². The van der Waals surface area contributed by atoms with Crippen LogP contribution >= 0.6 is 11.3 Å².